The largest absolute Gasteiger partial charge is 0.338 e. The van der Waals surface area contributed by atoms with Gasteiger partial charge in [-0.2, -0.15) is 0 Å². The van der Waals surface area contributed by atoms with E-state index in [2.05, 4.69) is 48.9 Å². The molecule has 1 atom stereocenters. The van der Waals surface area contributed by atoms with Crippen LogP contribution >= 0.6 is 12.6 Å². The van der Waals surface area contributed by atoms with Crippen LogP contribution in [0.2, 0.25) is 0 Å². The maximum absolute atomic E-state index is 12.9. The van der Waals surface area contributed by atoms with Gasteiger partial charge in [0.15, 0.2) is 0 Å². The van der Waals surface area contributed by atoms with E-state index >= 15 is 0 Å². The van der Waals surface area contributed by atoms with E-state index in [0.717, 1.165) is 30.2 Å². The van der Waals surface area contributed by atoms with Gasteiger partial charge in [-0.3, -0.25) is 9.69 Å². The minimum atomic E-state index is -0.175. The fourth-order valence-corrected chi connectivity index (χ4v) is 3.89. The van der Waals surface area contributed by atoms with Crippen LogP contribution < -0.4 is 10.6 Å². The molecule has 2 fully saturated rings. The second kappa shape index (κ2) is 8.71. The number of carbonyl (C=O) groups is 2. The summed E-state index contributed by atoms with van der Waals surface area (Å²) in [5.41, 5.74) is 0.784. The van der Waals surface area contributed by atoms with Gasteiger partial charge in [0.2, 0.25) is 5.91 Å². The number of rotatable bonds is 2. The standard InChI is InChI=1S/C20H31N5O2S/c1-20(2,3)25-8-7-21-17(14-25)18(26)23-9-11-24(12-10-23)19(27)22-15-5-4-6-16(28)13-15/h4-6,13,17,21,28H,7-12,14H2,1-3H3,(H,22,27)/t17-/m1/s1. The third-order valence-corrected chi connectivity index (χ3v) is 5.68. The Bertz CT molecular complexity index is 713. The molecule has 3 amide bonds. The van der Waals surface area contributed by atoms with E-state index in [4.69, 9.17) is 0 Å². The second-order valence-corrected chi connectivity index (χ2v) is 8.93. The number of nitrogens with zero attached hydrogens (tertiary/aromatic N) is 3. The summed E-state index contributed by atoms with van der Waals surface area (Å²) in [4.78, 5) is 32.2. The van der Waals surface area contributed by atoms with Gasteiger partial charge in [0.1, 0.15) is 0 Å². The van der Waals surface area contributed by atoms with Crippen LogP contribution in [-0.2, 0) is 4.79 Å². The lowest BCUT2D eigenvalue weighted by atomic mass is 10.0. The minimum absolute atomic E-state index is 0.0573. The van der Waals surface area contributed by atoms with Crippen molar-refractivity contribution in [1.29, 1.82) is 0 Å². The summed E-state index contributed by atoms with van der Waals surface area (Å²) < 4.78 is 0. The van der Waals surface area contributed by atoms with Crippen molar-refractivity contribution in [2.45, 2.75) is 37.2 Å². The number of hydrogen-bond donors (Lipinski definition) is 3. The quantitative estimate of drug-likeness (QED) is 0.656. The lowest BCUT2D eigenvalue weighted by Crippen LogP contribution is -2.63. The van der Waals surface area contributed by atoms with Gasteiger partial charge in [-0.1, -0.05) is 6.07 Å². The summed E-state index contributed by atoms with van der Waals surface area (Å²) in [6, 6.07) is 7.06. The first-order valence-electron chi connectivity index (χ1n) is 9.86. The second-order valence-electron chi connectivity index (χ2n) is 8.42. The number of hydrogen-bond acceptors (Lipinski definition) is 5. The van der Waals surface area contributed by atoms with E-state index in [1.54, 1.807) is 4.90 Å². The number of benzene rings is 1. The number of carbonyl (C=O) groups excluding carboxylic acids is 2. The number of urea groups is 1. The molecule has 2 heterocycles. The van der Waals surface area contributed by atoms with Crippen LogP contribution in [0.25, 0.3) is 0 Å². The Kier molecular flexibility index (Phi) is 6.52. The molecule has 2 saturated heterocycles. The zero-order valence-corrected chi connectivity index (χ0v) is 17.8. The molecule has 0 unspecified atom stereocenters. The van der Waals surface area contributed by atoms with E-state index in [0.29, 0.717) is 26.2 Å². The van der Waals surface area contributed by atoms with Gasteiger partial charge < -0.3 is 20.4 Å². The highest BCUT2D eigenvalue weighted by Crippen LogP contribution is 2.17. The van der Waals surface area contributed by atoms with E-state index in [9.17, 15) is 9.59 Å². The molecule has 1 aromatic rings. The van der Waals surface area contributed by atoms with E-state index in [-0.39, 0.29) is 23.5 Å². The summed E-state index contributed by atoms with van der Waals surface area (Å²) in [5, 5.41) is 6.26. The molecule has 0 radical (unpaired) electrons. The number of piperazine rings is 2. The van der Waals surface area contributed by atoms with Crippen molar-refractivity contribution in [3.05, 3.63) is 24.3 Å². The maximum atomic E-state index is 12.9. The SMILES string of the molecule is CC(C)(C)N1CCN[C@@H](C(=O)N2CCN(C(=O)Nc3cccc(S)c3)CC2)C1. The van der Waals surface area contributed by atoms with Crippen LogP contribution in [0.15, 0.2) is 29.2 Å². The van der Waals surface area contributed by atoms with E-state index in [1.165, 1.54) is 0 Å². The van der Waals surface area contributed by atoms with Crippen molar-refractivity contribution in [2.75, 3.05) is 51.1 Å². The van der Waals surface area contributed by atoms with Crippen LogP contribution in [0.4, 0.5) is 10.5 Å². The number of nitrogens with one attached hydrogen (secondary N) is 2. The predicted molar refractivity (Wildman–Crippen MR) is 114 cm³/mol. The molecule has 0 saturated carbocycles. The van der Waals surface area contributed by atoms with Crippen LogP contribution in [0.1, 0.15) is 20.8 Å². The average molecular weight is 406 g/mol. The summed E-state index contributed by atoms with van der Waals surface area (Å²) in [5.74, 6) is 0.136. The summed E-state index contributed by atoms with van der Waals surface area (Å²) in [6.07, 6.45) is 0. The summed E-state index contributed by atoms with van der Waals surface area (Å²) in [7, 11) is 0. The van der Waals surface area contributed by atoms with Crippen molar-refractivity contribution < 1.29 is 9.59 Å². The molecule has 28 heavy (non-hydrogen) atoms. The molecule has 2 aliphatic rings. The number of anilines is 1. The minimum Gasteiger partial charge on any atom is -0.338 e. The van der Waals surface area contributed by atoms with Crippen LogP contribution in [-0.4, -0.2) is 84.0 Å². The fraction of sp³-hybridized carbons (Fsp3) is 0.600. The molecule has 0 aromatic heterocycles. The van der Waals surface area contributed by atoms with Gasteiger partial charge in [-0.25, -0.2) is 4.79 Å². The third-order valence-electron chi connectivity index (χ3n) is 5.40. The Balaban J connectivity index is 1.50. The van der Waals surface area contributed by atoms with Gasteiger partial charge in [-0.15, -0.1) is 12.6 Å². The molecular formula is C20H31N5O2S. The molecule has 7 nitrogen and oxygen atoms in total. The first-order valence-corrected chi connectivity index (χ1v) is 10.3. The summed E-state index contributed by atoms with van der Waals surface area (Å²) in [6.45, 7) is 11.2. The Morgan fingerprint density at radius 3 is 2.43 bits per heavy atom. The normalized spacial score (nSPS) is 21.5. The Hall–Kier alpha value is -1.77. The molecule has 0 aliphatic carbocycles. The maximum Gasteiger partial charge on any atom is 0.321 e. The zero-order valence-electron chi connectivity index (χ0n) is 16.9. The Morgan fingerprint density at radius 2 is 1.79 bits per heavy atom. The number of amides is 3. The highest BCUT2D eigenvalue weighted by Gasteiger charge is 2.34. The lowest BCUT2D eigenvalue weighted by molar-refractivity contribution is -0.136. The van der Waals surface area contributed by atoms with E-state index < -0.39 is 0 Å². The topological polar surface area (TPSA) is 67.9 Å². The van der Waals surface area contributed by atoms with Crippen molar-refractivity contribution in [3.8, 4) is 0 Å². The molecule has 0 bridgehead atoms. The Morgan fingerprint density at radius 1 is 1.11 bits per heavy atom. The van der Waals surface area contributed by atoms with Crippen LogP contribution in [0.5, 0.6) is 0 Å². The van der Waals surface area contributed by atoms with Gasteiger partial charge in [-0.05, 0) is 39.0 Å². The van der Waals surface area contributed by atoms with E-state index in [1.807, 2.05) is 29.2 Å². The lowest BCUT2D eigenvalue weighted by Gasteiger charge is -2.43. The van der Waals surface area contributed by atoms with Crippen LogP contribution in [0, 0.1) is 0 Å². The predicted octanol–water partition coefficient (Wildman–Crippen LogP) is 1.72. The third kappa shape index (κ3) is 5.18. The first kappa shape index (κ1) is 21.0. The van der Waals surface area contributed by atoms with Gasteiger partial charge in [0, 0.05) is 61.9 Å². The molecule has 2 aliphatic heterocycles. The molecule has 154 valence electrons. The first-order chi connectivity index (χ1) is 13.2. The highest BCUT2D eigenvalue weighted by molar-refractivity contribution is 7.80. The Labute approximate surface area is 172 Å². The monoisotopic (exact) mass is 405 g/mol. The molecule has 8 heteroatoms. The zero-order chi connectivity index (χ0) is 20.3. The molecule has 2 N–H and O–H groups in total. The molecule has 3 rings (SSSR count). The van der Waals surface area contributed by atoms with Gasteiger partial charge in [0.05, 0.1) is 6.04 Å². The number of thiol groups is 1. The van der Waals surface area contributed by atoms with Crippen molar-refractivity contribution >= 4 is 30.3 Å². The van der Waals surface area contributed by atoms with Crippen molar-refractivity contribution in [2.24, 2.45) is 0 Å². The van der Waals surface area contributed by atoms with Crippen LogP contribution in [0.3, 0.4) is 0 Å². The smallest absolute Gasteiger partial charge is 0.321 e. The summed E-state index contributed by atoms with van der Waals surface area (Å²) >= 11 is 4.29. The fourth-order valence-electron chi connectivity index (χ4n) is 3.66. The molecule has 0 spiro atoms. The van der Waals surface area contributed by atoms with Crippen molar-refractivity contribution in [3.63, 3.8) is 0 Å². The molecular weight excluding hydrogens is 374 g/mol. The highest BCUT2D eigenvalue weighted by atomic mass is 32.1. The van der Waals surface area contributed by atoms with Crippen molar-refractivity contribution in [1.82, 2.24) is 20.0 Å². The molecule has 1 aromatic carbocycles. The van der Waals surface area contributed by atoms with Gasteiger partial charge >= 0.3 is 6.03 Å². The van der Waals surface area contributed by atoms with Gasteiger partial charge in [0.25, 0.3) is 0 Å². The average Bonchev–Trinajstić information content (AvgIpc) is 2.67.